The van der Waals surface area contributed by atoms with Gasteiger partial charge in [-0.1, -0.05) is 71.0 Å². The maximum Gasteiger partial charge on any atom is 0.0346 e. The minimum Gasteiger partial charge on any atom is -0.264 e. The van der Waals surface area contributed by atoms with E-state index in [2.05, 4.69) is 81.0 Å². The summed E-state index contributed by atoms with van der Waals surface area (Å²) >= 11 is 0. The molecule has 0 saturated heterocycles. The Kier molecular flexibility index (Phi) is 5.46. The highest BCUT2D eigenvalue weighted by Gasteiger charge is 2.21. The Hall–Kier alpha value is -2.48. The van der Waals surface area contributed by atoms with E-state index in [0.717, 1.165) is 18.4 Å². The first-order valence-electron chi connectivity index (χ1n) is 9.71. The first-order valence-corrected chi connectivity index (χ1v) is 9.71. The van der Waals surface area contributed by atoms with Gasteiger partial charge >= 0.3 is 0 Å². The Morgan fingerprint density at radius 3 is 2.22 bits per heavy atom. The van der Waals surface area contributed by atoms with E-state index in [-0.39, 0.29) is 10.8 Å². The van der Waals surface area contributed by atoms with Crippen LogP contribution in [0.3, 0.4) is 0 Å². The normalized spacial score (nSPS) is 12.2. The largest absolute Gasteiger partial charge is 0.264 e. The van der Waals surface area contributed by atoms with Crippen LogP contribution in [0.4, 0.5) is 0 Å². The van der Waals surface area contributed by atoms with Crippen molar-refractivity contribution in [1.82, 2.24) is 9.97 Å². The average Bonchev–Trinajstić information content (AvgIpc) is 2.67. The Bertz CT molecular complexity index is 889. The van der Waals surface area contributed by atoms with E-state index >= 15 is 0 Å². The van der Waals surface area contributed by atoms with Crippen LogP contribution in [-0.2, 0) is 17.3 Å². The van der Waals surface area contributed by atoms with Gasteiger partial charge in [-0.3, -0.25) is 9.97 Å². The number of rotatable bonds is 5. The van der Waals surface area contributed by atoms with Gasteiger partial charge < -0.3 is 0 Å². The topological polar surface area (TPSA) is 25.8 Å². The Morgan fingerprint density at radius 2 is 1.52 bits per heavy atom. The molecule has 0 amide bonds. The summed E-state index contributed by atoms with van der Waals surface area (Å²) in [6.45, 7) is 11.4. The van der Waals surface area contributed by atoms with Gasteiger partial charge in [0.15, 0.2) is 0 Å². The van der Waals surface area contributed by atoms with Gasteiger partial charge in [-0.15, -0.1) is 0 Å². The number of hydrogen-bond donors (Lipinski definition) is 0. The van der Waals surface area contributed by atoms with Crippen molar-refractivity contribution < 1.29 is 0 Å². The Balaban J connectivity index is 1.78. The minimum absolute atomic E-state index is 0.0932. The average molecular weight is 359 g/mol. The highest BCUT2D eigenvalue weighted by atomic mass is 14.6. The molecule has 1 aromatic carbocycles. The molecular formula is C25H30N2. The van der Waals surface area contributed by atoms with Crippen molar-refractivity contribution in [3.63, 3.8) is 0 Å². The van der Waals surface area contributed by atoms with E-state index in [9.17, 15) is 0 Å². The molecule has 0 aliphatic heterocycles. The fourth-order valence-corrected chi connectivity index (χ4v) is 3.29. The van der Waals surface area contributed by atoms with Gasteiger partial charge in [0.05, 0.1) is 0 Å². The summed E-state index contributed by atoms with van der Waals surface area (Å²) in [5, 5.41) is 0. The Labute approximate surface area is 163 Å². The SMILES string of the molecule is CC(C)(C)c1cncc(CCC(C)(C)c2cccc(-c3cccnc3)c2)c1. The molecule has 0 saturated carbocycles. The van der Waals surface area contributed by atoms with E-state index < -0.39 is 0 Å². The highest BCUT2D eigenvalue weighted by molar-refractivity contribution is 5.63. The molecule has 0 fully saturated rings. The molecule has 0 spiro atoms. The molecule has 0 aliphatic carbocycles. The van der Waals surface area contributed by atoms with Crippen molar-refractivity contribution in [1.29, 1.82) is 0 Å². The molecule has 0 atom stereocenters. The number of aryl methyl sites for hydroxylation is 1. The van der Waals surface area contributed by atoms with Crippen LogP contribution in [0.2, 0.25) is 0 Å². The van der Waals surface area contributed by atoms with Crippen LogP contribution < -0.4 is 0 Å². The van der Waals surface area contributed by atoms with Gasteiger partial charge in [0.25, 0.3) is 0 Å². The maximum absolute atomic E-state index is 4.47. The molecule has 0 unspecified atom stereocenters. The van der Waals surface area contributed by atoms with Crippen molar-refractivity contribution in [3.8, 4) is 11.1 Å². The molecule has 0 bridgehead atoms. The number of aromatic nitrogens is 2. The second kappa shape index (κ2) is 7.64. The van der Waals surface area contributed by atoms with Crippen LogP contribution in [0.15, 0.2) is 67.3 Å². The van der Waals surface area contributed by atoms with Crippen LogP contribution in [0.25, 0.3) is 11.1 Å². The van der Waals surface area contributed by atoms with Crippen LogP contribution in [-0.4, -0.2) is 9.97 Å². The van der Waals surface area contributed by atoms with E-state index in [1.54, 1.807) is 0 Å². The second-order valence-corrected chi connectivity index (χ2v) is 9.04. The fourth-order valence-electron chi connectivity index (χ4n) is 3.29. The van der Waals surface area contributed by atoms with E-state index in [4.69, 9.17) is 0 Å². The Morgan fingerprint density at radius 1 is 0.741 bits per heavy atom. The summed E-state index contributed by atoms with van der Waals surface area (Å²) in [5.74, 6) is 0. The summed E-state index contributed by atoms with van der Waals surface area (Å²) in [4.78, 5) is 8.72. The molecule has 0 N–H and O–H groups in total. The smallest absolute Gasteiger partial charge is 0.0346 e. The zero-order chi connectivity index (χ0) is 19.5. The van der Waals surface area contributed by atoms with Gasteiger partial charge in [0, 0.05) is 24.8 Å². The lowest BCUT2D eigenvalue weighted by Crippen LogP contribution is -2.18. The van der Waals surface area contributed by atoms with Crippen LogP contribution in [0, 0.1) is 0 Å². The molecule has 2 heterocycles. The molecule has 3 rings (SSSR count). The zero-order valence-corrected chi connectivity index (χ0v) is 17.2. The minimum atomic E-state index is 0.0932. The van der Waals surface area contributed by atoms with Crippen molar-refractivity contribution in [2.24, 2.45) is 0 Å². The van der Waals surface area contributed by atoms with E-state index in [1.165, 1.54) is 22.3 Å². The van der Waals surface area contributed by atoms with Gasteiger partial charge in [0.1, 0.15) is 0 Å². The second-order valence-electron chi connectivity index (χ2n) is 9.04. The molecule has 2 nitrogen and oxygen atoms in total. The summed E-state index contributed by atoms with van der Waals surface area (Å²) in [7, 11) is 0. The number of benzene rings is 1. The van der Waals surface area contributed by atoms with E-state index in [1.807, 2.05) is 30.9 Å². The van der Waals surface area contributed by atoms with Crippen molar-refractivity contribution in [2.75, 3.05) is 0 Å². The quantitative estimate of drug-likeness (QED) is 0.531. The monoisotopic (exact) mass is 358 g/mol. The fraction of sp³-hybridized carbons (Fsp3) is 0.360. The van der Waals surface area contributed by atoms with Crippen molar-refractivity contribution in [3.05, 3.63) is 83.9 Å². The molecule has 3 aromatic rings. The van der Waals surface area contributed by atoms with Crippen molar-refractivity contribution >= 4 is 0 Å². The summed E-state index contributed by atoms with van der Waals surface area (Å²) in [6, 6.07) is 15.3. The molecular weight excluding hydrogens is 328 g/mol. The van der Waals surface area contributed by atoms with Gasteiger partial charge in [-0.2, -0.15) is 0 Å². The summed E-state index contributed by atoms with van der Waals surface area (Å²) < 4.78 is 0. The summed E-state index contributed by atoms with van der Waals surface area (Å²) in [5.41, 5.74) is 6.60. The predicted molar refractivity (Wildman–Crippen MR) is 114 cm³/mol. The number of nitrogens with zero attached hydrogens (tertiary/aromatic N) is 2. The molecule has 2 aromatic heterocycles. The lowest BCUT2D eigenvalue weighted by molar-refractivity contribution is 0.479. The van der Waals surface area contributed by atoms with Gasteiger partial charge in [-0.25, -0.2) is 0 Å². The predicted octanol–water partition coefficient (Wildman–Crippen LogP) is 6.35. The molecule has 27 heavy (non-hydrogen) atoms. The molecule has 0 radical (unpaired) electrons. The first kappa shape index (κ1) is 19.3. The van der Waals surface area contributed by atoms with E-state index in [0.29, 0.717) is 0 Å². The number of hydrogen-bond acceptors (Lipinski definition) is 2. The standard InChI is InChI=1S/C25H30N2/c1-24(2,3)23-14-19(16-27-18-23)11-12-25(4,5)22-10-6-8-20(15-22)21-9-7-13-26-17-21/h6-10,13-18H,11-12H2,1-5H3. The number of pyridine rings is 2. The molecule has 2 heteroatoms. The third-order valence-electron chi connectivity index (χ3n) is 5.34. The molecule has 140 valence electrons. The van der Waals surface area contributed by atoms with Crippen LogP contribution in [0.1, 0.15) is 57.7 Å². The third kappa shape index (κ3) is 4.82. The maximum atomic E-state index is 4.47. The van der Waals surface area contributed by atoms with Gasteiger partial charge in [-0.05, 0) is 57.6 Å². The van der Waals surface area contributed by atoms with Gasteiger partial charge in [0.2, 0.25) is 0 Å². The zero-order valence-electron chi connectivity index (χ0n) is 17.2. The first-order chi connectivity index (χ1) is 12.8. The summed E-state index contributed by atoms with van der Waals surface area (Å²) in [6.07, 6.45) is 9.86. The van der Waals surface area contributed by atoms with Crippen molar-refractivity contribution in [2.45, 2.75) is 58.3 Å². The molecule has 0 aliphatic rings. The lowest BCUT2D eigenvalue weighted by Gasteiger charge is -2.26. The lowest BCUT2D eigenvalue weighted by atomic mass is 9.78. The third-order valence-corrected chi connectivity index (χ3v) is 5.34. The highest BCUT2D eigenvalue weighted by Crippen LogP contribution is 2.32. The van der Waals surface area contributed by atoms with Crippen LogP contribution in [0.5, 0.6) is 0 Å². The van der Waals surface area contributed by atoms with Crippen LogP contribution >= 0.6 is 0 Å².